The van der Waals surface area contributed by atoms with Gasteiger partial charge in [0, 0.05) is 38.4 Å². The minimum absolute atomic E-state index is 0.123. The first kappa shape index (κ1) is 18.5. The first-order valence-electron chi connectivity index (χ1n) is 9.89. The van der Waals surface area contributed by atoms with E-state index in [4.69, 9.17) is 0 Å². The number of hydrogen-bond acceptors (Lipinski definition) is 3. The van der Waals surface area contributed by atoms with Crippen LogP contribution in [-0.4, -0.2) is 52.8 Å². The number of likely N-dealkylation sites (tertiary alicyclic amines) is 2. The Labute approximate surface area is 164 Å². The Morgan fingerprint density at radius 1 is 1.04 bits per heavy atom. The number of H-pyrrole nitrogens is 1. The molecule has 2 amide bonds. The zero-order valence-corrected chi connectivity index (χ0v) is 15.9. The third kappa shape index (κ3) is 3.59. The summed E-state index contributed by atoms with van der Waals surface area (Å²) in [4.78, 5) is 43.5. The monoisotopic (exact) mass is 379 g/mol. The largest absolute Gasteiger partial charge is 0.342 e. The van der Waals surface area contributed by atoms with Crippen molar-refractivity contribution in [2.45, 2.75) is 25.7 Å². The minimum Gasteiger partial charge on any atom is -0.342 e. The average molecular weight is 379 g/mol. The van der Waals surface area contributed by atoms with E-state index in [1.165, 1.54) is 17.8 Å². The fraction of sp³-hybridized carbons (Fsp3) is 0.409. The second-order valence-electron chi connectivity index (χ2n) is 7.83. The van der Waals surface area contributed by atoms with Crippen molar-refractivity contribution >= 4 is 11.8 Å². The van der Waals surface area contributed by atoms with Gasteiger partial charge in [0.05, 0.1) is 11.0 Å². The summed E-state index contributed by atoms with van der Waals surface area (Å²) in [5.74, 6) is 0.0637. The highest BCUT2D eigenvalue weighted by atomic mass is 16.2. The van der Waals surface area contributed by atoms with Crippen molar-refractivity contribution in [3.63, 3.8) is 0 Å². The van der Waals surface area contributed by atoms with E-state index in [1.54, 1.807) is 11.0 Å². The van der Waals surface area contributed by atoms with Crippen molar-refractivity contribution in [1.82, 2.24) is 14.8 Å². The highest BCUT2D eigenvalue weighted by molar-refractivity contribution is 5.95. The van der Waals surface area contributed by atoms with Crippen molar-refractivity contribution < 1.29 is 9.59 Å². The molecule has 2 fully saturated rings. The van der Waals surface area contributed by atoms with Crippen LogP contribution in [0.2, 0.25) is 0 Å². The van der Waals surface area contributed by atoms with E-state index >= 15 is 0 Å². The summed E-state index contributed by atoms with van der Waals surface area (Å²) in [5, 5.41) is 0. The van der Waals surface area contributed by atoms with Crippen LogP contribution in [-0.2, 0) is 11.2 Å². The second-order valence-corrected chi connectivity index (χ2v) is 7.83. The number of hydrogen-bond donors (Lipinski definition) is 1. The number of rotatable bonds is 4. The molecule has 3 heterocycles. The number of pyridine rings is 1. The molecule has 1 atom stereocenters. The van der Waals surface area contributed by atoms with E-state index < -0.39 is 5.41 Å². The lowest BCUT2D eigenvalue weighted by molar-refractivity contribution is -0.145. The number of aromatic amines is 1. The van der Waals surface area contributed by atoms with Crippen LogP contribution in [0.5, 0.6) is 0 Å². The topological polar surface area (TPSA) is 73.5 Å². The molecule has 2 saturated heterocycles. The molecule has 2 aliphatic rings. The van der Waals surface area contributed by atoms with Crippen LogP contribution in [0.1, 0.15) is 35.2 Å². The summed E-state index contributed by atoms with van der Waals surface area (Å²) in [5.41, 5.74) is 1.01. The molecule has 6 heteroatoms. The van der Waals surface area contributed by atoms with Gasteiger partial charge in [-0.15, -0.1) is 0 Å². The number of carbonyl (C=O) groups excluding carboxylic acids is 2. The third-order valence-corrected chi connectivity index (χ3v) is 6.01. The molecule has 0 bridgehead atoms. The molecule has 0 saturated carbocycles. The summed E-state index contributed by atoms with van der Waals surface area (Å²) >= 11 is 0. The van der Waals surface area contributed by atoms with Crippen LogP contribution in [0.25, 0.3) is 0 Å². The Morgan fingerprint density at radius 2 is 1.86 bits per heavy atom. The van der Waals surface area contributed by atoms with Crippen molar-refractivity contribution in [3.05, 3.63) is 70.1 Å². The summed E-state index contributed by atoms with van der Waals surface area (Å²) in [7, 11) is 0. The van der Waals surface area contributed by atoms with Crippen LogP contribution >= 0.6 is 0 Å². The predicted octanol–water partition coefficient (Wildman–Crippen LogP) is 2.07. The first-order chi connectivity index (χ1) is 13.6. The van der Waals surface area contributed by atoms with Gasteiger partial charge in [-0.05, 0) is 37.3 Å². The molecule has 28 heavy (non-hydrogen) atoms. The summed E-state index contributed by atoms with van der Waals surface area (Å²) in [6.07, 6.45) is 4.82. The van der Waals surface area contributed by atoms with Crippen molar-refractivity contribution in [2.75, 3.05) is 26.2 Å². The summed E-state index contributed by atoms with van der Waals surface area (Å²) < 4.78 is 0. The van der Waals surface area contributed by atoms with Gasteiger partial charge in [-0.3, -0.25) is 14.4 Å². The van der Waals surface area contributed by atoms with Gasteiger partial charge in [-0.1, -0.05) is 30.3 Å². The van der Waals surface area contributed by atoms with Gasteiger partial charge in [0.25, 0.3) is 5.91 Å². The van der Waals surface area contributed by atoms with Gasteiger partial charge < -0.3 is 14.8 Å². The van der Waals surface area contributed by atoms with E-state index in [0.29, 0.717) is 25.1 Å². The van der Waals surface area contributed by atoms with Crippen LogP contribution in [0, 0.1) is 5.41 Å². The Hall–Kier alpha value is -2.89. The standard InChI is InChI=1S/C22H25N3O3/c26-19-8-7-18(15-23-19)20(27)25-14-11-22(16-25)10-4-12-24(21(22)28)13-9-17-5-2-1-3-6-17/h1-3,5-8,15H,4,9-14,16H2,(H,23,26)/t22-/m1/s1. The molecule has 0 unspecified atom stereocenters. The minimum atomic E-state index is -0.452. The summed E-state index contributed by atoms with van der Waals surface area (Å²) in [6.45, 7) is 2.56. The fourth-order valence-electron chi connectivity index (χ4n) is 4.42. The molecule has 1 N–H and O–H groups in total. The predicted molar refractivity (Wildman–Crippen MR) is 106 cm³/mol. The smallest absolute Gasteiger partial charge is 0.255 e. The molecule has 6 nitrogen and oxygen atoms in total. The van der Waals surface area contributed by atoms with Crippen LogP contribution < -0.4 is 5.56 Å². The number of amides is 2. The van der Waals surface area contributed by atoms with Crippen LogP contribution in [0.15, 0.2) is 53.5 Å². The van der Waals surface area contributed by atoms with Crippen molar-refractivity contribution in [1.29, 1.82) is 0 Å². The van der Waals surface area contributed by atoms with Crippen LogP contribution in [0.3, 0.4) is 0 Å². The lowest BCUT2D eigenvalue weighted by atomic mass is 9.78. The van der Waals surface area contributed by atoms with E-state index in [-0.39, 0.29) is 17.4 Å². The van der Waals surface area contributed by atoms with E-state index in [1.807, 2.05) is 23.1 Å². The molecule has 1 spiro atoms. The number of aromatic nitrogens is 1. The van der Waals surface area contributed by atoms with Crippen molar-refractivity contribution in [3.8, 4) is 0 Å². The number of nitrogens with one attached hydrogen (secondary N) is 1. The van der Waals surface area contributed by atoms with E-state index in [2.05, 4.69) is 17.1 Å². The zero-order chi connectivity index (χ0) is 19.6. The number of carbonyl (C=O) groups is 2. The molecule has 4 rings (SSSR count). The number of benzene rings is 1. The third-order valence-electron chi connectivity index (χ3n) is 6.01. The molecular weight excluding hydrogens is 354 g/mol. The fourth-order valence-corrected chi connectivity index (χ4v) is 4.42. The zero-order valence-electron chi connectivity index (χ0n) is 15.9. The molecule has 2 aliphatic heterocycles. The number of nitrogens with zero attached hydrogens (tertiary/aromatic N) is 2. The Bertz CT molecular complexity index is 904. The molecule has 1 aromatic carbocycles. The van der Waals surface area contributed by atoms with Gasteiger partial charge in [0.2, 0.25) is 11.5 Å². The lowest BCUT2D eigenvalue weighted by Crippen LogP contribution is -2.50. The Kier molecular flexibility index (Phi) is 5.03. The molecule has 146 valence electrons. The first-order valence-corrected chi connectivity index (χ1v) is 9.89. The average Bonchev–Trinajstić information content (AvgIpc) is 3.15. The van der Waals surface area contributed by atoms with Gasteiger partial charge in [-0.25, -0.2) is 0 Å². The van der Waals surface area contributed by atoms with Gasteiger partial charge >= 0.3 is 0 Å². The SMILES string of the molecule is O=C(c1ccc(=O)[nH]c1)N1CC[C@]2(CCCN(CCc3ccccc3)C2=O)C1. The number of piperidine rings is 1. The van der Waals surface area contributed by atoms with Gasteiger partial charge in [0.15, 0.2) is 0 Å². The maximum atomic E-state index is 13.3. The lowest BCUT2D eigenvalue weighted by Gasteiger charge is -2.39. The second kappa shape index (κ2) is 7.62. The normalized spacial score (nSPS) is 22.1. The Morgan fingerprint density at radius 3 is 2.61 bits per heavy atom. The van der Waals surface area contributed by atoms with Gasteiger partial charge in [0.1, 0.15) is 0 Å². The van der Waals surface area contributed by atoms with E-state index in [0.717, 1.165) is 32.4 Å². The maximum absolute atomic E-state index is 13.3. The summed E-state index contributed by atoms with van der Waals surface area (Å²) in [6, 6.07) is 13.1. The molecular formula is C22H25N3O3. The molecule has 0 aliphatic carbocycles. The highest BCUT2D eigenvalue weighted by Crippen LogP contribution is 2.40. The van der Waals surface area contributed by atoms with Crippen molar-refractivity contribution in [2.24, 2.45) is 5.41 Å². The van der Waals surface area contributed by atoms with Gasteiger partial charge in [-0.2, -0.15) is 0 Å². The van der Waals surface area contributed by atoms with Crippen LogP contribution in [0.4, 0.5) is 0 Å². The van der Waals surface area contributed by atoms with E-state index in [9.17, 15) is 14.4 Å². The molecule has 2 aromatic rings. The maximum Gasteiger partial charge on any atom is 0.255 e. The Balaban J connectivity index is 1.42. The molecule has 0 radical (unpaired) electrons. The molecule has 1 aromatic heterocycles. The highest BCUT2D eigenvalue weighted by Gasteiger charge is 2.49. The quantitative estimate of drug-likeness (QED) is 0.884.